The Hall–Kier alpha value is -2.63. The molecule has 3 aliphatic heterocycles. The maximum Gasteiger partial charge on any atom is 0.240 e. The molecular weight excluding hydrogens is 344 g/mol. The summed E-state index contributed by atoms with van der Waals surface area (Å²) in [6.07, 6.45) is 6.94. The molecule has 1 aromatic rings. The molecule has 3 heterocycles. The third kappa shape index (κ3) is 2.74. The zero-order valence-electron chi connectivity index (χ0n) is 15.6. The van der Waals surface area contributed by atoms with Crippen LogP contribution in [0.1, 0.15) is 26.2 Å². The van der Waals surface area contributed by atoms with Crippen LogP contribution >= 0.6 is 0 Å². The normalized spacial score (nSPS) is 28.9. The number of rotatable bonds is 6. The first kappa shape index (κ1) is 17.8. The van der Waals surface area contributed by atoms with E-state index in [9.17, 15) is 14.4 Å². The van der Waals surface area contributed by atoms with Crippen molar-refractivity contribution < 1.29 is 19.1 Å². The van der Waals surface area contributed by atoms with Crippen LogP contribution in [-0.4, -0.2) is 42.3 Å². The quantitative estimate of drug-likeness (QED) is 0.439. The Kier molecular flexibility index (Phi) is 4.50. The topological polar surface area (TPSA) is 66.9 Å². The largest absolute Gasteiger partial charge is 0.494 e. The van der Waals surface area contributed by atoms with Gasteiger partial charge < -0.3 is 9.64 Å². The molecular formula is C21H24N2O4. The number of ether oxygens (including phenoxy) is 1. The highest BCUT2D eigenvalue weighted by molar-refractivity contribution is 6.24. The number of anilines is 1. The van der Waals surface area contributed by atoms with Crippen molar-refractivity contribution in [1.29, 1.82) is 0 Å². The molecule has 142 valence electrons. The zero-order chi connectivity index (χ0) is 19.1. The number of hydrogen-bond donors (Lipinski definition) is 0. The predicted molar refractivity (Wildman–Crippen MR) is 100 cm³/mol. The van der Waals surface area contributed by atoms with Gasteiger partial charge in [0.15, 0.2) is 0 Å². The molecule has 4 atom stereocenters. The van der Waals surface area contributed by atoms with E-state index in [0.29, 0.717) is 12.3 Å². The van der Waals surface area contributed by atoms with Gasteiger partial charge in [0.05, 0.1) is 36.1 Å². The minimum absolute atomic E-state index is 0.0809. The van der Waals surface area contributed by atoms with Crippen LogP contribution in [0.5, 0.6) is 5.75 Å². The van der Waals surface area contributed by atoms with Crippen LogP contribution in [0.25, 0.3) is 0 Å². The van der Waals surface area contributed by atoms with Crippen molar-refractivity contribution in [2.45, 2.75) is 32.2 Å². The number of hydrogen-bond acceptors (Lipinski definition) is 4. The number of carbonyl (C=O) groups is 3. The molecule has 1 aliphatic carbocycles. The van der Waals surface area contributed by atoms with Crippen LogP contribution in [0.2, 0.25) is 0 Å². The fourth-order valence-electron chi connectivity index (χ4n) is 4.40. The van der Waals surface area contributed by atoms with E-state index in [0.717, 1.165) is 25.0 Å². The second-order valence-corrected chi connectivity index (χ2v) is 7.46. The lowest BCUT2D eigenvalue weighted by Crippen LogP contribution is -2.57. The molecule has 6 heteroatoms. The first-order valence-corrected chi connectivity index (χ1v) is 9.60. The Balaban J connectivity index is 1.53. The molecule has 0 spiro atoms. The number of carbonyl (C=O) groups excluding carboxylic acids is 3. The predicted octanol–water partition coefficient (Wildman–Crippen LogP) is 2.39. The number of likely N-dealkylation sites (N-methyl/N-ethyl adjacent to an activating group) is 1. The average molecular weight is 368 g/mol. The van der Waals surface area contributed by atoms with Gasteiger partial charge in [-0.25, -0.2) is 4.90 Å². The minimum atomic E-state index is -0.582. The van der Waals surface area contributed by atoms with Crippen molar-refractivity contribution in [3.8, 4) is 5.75 Å². The summed E-state index contributed by atoms with van der Waals surface area (Å²) in [6.45, 7) is 2.80. The van der Waals surface area contributed by atoms with Crippen molar-refractivity contribution >= 4 is 23.4 Å². The van der Waals surface area contributed by atoms with E-state index in [1.807, 2.05) is 6.08 Å². The monoisotopic (exact) mass is 368 g/mol. The fourth-order valence-corrected chi connectivity index (χ4v) is 4.40. The Morgan fingerprint density at radius 1 is 0.926 bits per heavy atom. The van der Waals surface area contributed by atoms with Crippen LogP contribution < -0.4 is 9.64 Å². The van der Waals surface area contributed by atoms with E-state index in [1.54, 1.807) is 42.3 Å². The summed E-state index contributed by atoms with van der Waals surface area (Å²) in [5.41, 5.74) is 0.537. The first-order chi connectivity index (χ1) is 13.0. The van der Waals surface area contributed by atoms with Crippen LogP contribution in [-0.2, 0) is 14.4 Å². The summed E-state index contributed by atoms with van der Waals surface area (Å²) in [5, 5.41) is 0. The third-order valence-electron chi connectivity index (χ3n) is 5.86. The summed E-state index contributed by atoms with van der Waals surface area (Å²) in [7, 11) is 1.70. The van der Waals surface area contributed by atoms with Crippen LogP contribution in [0.3, 0.4) is 0 Å². The number of amides is 3. The third-order valence-corrected chi connectivity index (χ3v) is 5.86. The number of imide groups is 1. The molecule has 2 saturated heterocycles. The van der Waals surface area contributed by atoms with Gasteiger partial charge in [-0.1, -0.05) is 31.9 Å². The first-order valence-electron chi connectivity index (χ1n) is 9.60. The summed E-state index contributed by atoms with van der Waals surface area (Å²) in [5.74, 6) is -1.46. The molecule has 2 bridgehead atoms. The van der Waals surface area contributed by atoms with Crippen molar-refractivity contribution in [2.24, 2.45) is 17.8 Å². The van der Waals surface area contributed by atoms with Gasteiger partial charge in [-0.2, -0.15) is 0 Å². The van der Waals surface area contributed by atoms with E-state index < -0.39 is 17.8 Å². The number of nitrogens with zero attached hydrogens (tertiary/aromatic N) is 2. The number of piperidine rings is 1. The summed E-state index contributed by atoms with van der Waals surface area (Å²) < 4.78 is 5.70. The van der Waals surface area contributed by atoms with Gasteiger partial charge in [-0.3, -0.25) is 14.4 Å². The molecule has 0 aromatic heterocycles. The molecule has 0 radical (unpaired) electrons. The van der Waals surface area contributed by atoms with Crippen LogP contribution in [0.4, 0.5) is 5.69 Å². The summed E-state index contributed by atoms with van der Waals surface area (Å²) in [4.78, 5) is 41.2. The van der Waals surface area contributed by atoms with E-state index in [-0.39, 0.29) is 23.8 Å². The second-order valence-electron chi connectivity index (χ2n) is 7.46. The molecule has 0 N–H and O–H groups in total. The highest BCUT2D eigenvalue weighted by atomic mass is 16.5. The Morgan fingerprint density at radius 3 is 2.33 bits per heavy atom. The maximum atomic E-state index is 13.0. The Morgan fingerprint density at radius 2 is 1.63 bits per heavy atom. The van der Waals surface area contributed by atoms with Gasteiger partial charge >= 0.3 is 0 Å². The minimum Gasteiger partial charge on any atom is -0.494 e. The molecule has 27 heavy (non-hydrogen) atoms. The maximum absolute atomic E-state index is 13.0. The summed E-state index contributed by atoms with van der Waals surface area (Å²) in [6, 6.07) is 6.71. The molecule has 3 amide bonds. The van der Waals surface area contributed by atoms with Crippen LogP contribution in [0.15, 0.2) is 36.4 Å². The Bertz CT molecular complexity index is 801. The molecule has 0 unspecified atom stereocenters. The average Bonchev–Trinajstić information content (AvgIpc) is 2.95. The lowest BCUT2D eigenvalue weighted by Gasteiger charge is -2.44. The standard InChI is InChI=1S/C21H24N2O4/c1-3-4-5-12-27-14-8-6-13(7-9-14)23-20(25)17-15-10-11-16(18(17)21(23)26)22(2)19(15)24/h6-11,15-18H,3-5,12H2,1-2H3/t15-,16+,17-,18+/m1/s1. The smallest absolute Gasteiger partial charge is 0.240 e. The lowest BCUT2D eigenvalue weighted by molar-refractivity contribution is -0.148. The number of unbranched alkanes of at least 4 members (excludes halogenated alkanes) is 2. The lowest BCUT2D eigenvalue weighted by atomic mass is 9.70. The molecule has 6 nitrogen and oxygen atoms in total. The SMILES string of the molecule is CCCCCOc1ccc(N2C(=O)[C@@H]3[C@H](C2=O)[C@H]2C=C[C@@H]3N(C)C2=O)cc1. The van der Waals surface area contributed by atoms with Crippen LogP contribution in [0, 0.1) is 17.8 Å². The second kappa shape index (κ2) is 6.83. The molecule has 5 rings (SSSR count). The van der Waals surface area contributed by atoms with Crippen molar-refractivity contribution in [2.75, 3.05) is 18.6 Å². The zero-order valence-corrected chi connectivity index (χ0v) is 15.6. The highest BCUT2D eigenvalue weighted by Crippen LogP contribution is 2.46. The van der Waals surface area contributed by atoms with E-state index in [4.69, 9.17) is 4.74 Å². The molecule has 0 saturated carbocycles. The van der Waals surface area contributed by atoms with Crippen molar-refractivity contribution in [3.05, 3.63) is 36.4 Å². The van der Waals surface area contributed by atoms with Gasteiger partial charge in [0.2, 0.25) is 17.7 Å². The number of benzene rings is 1. The number of fused-ring (bicyclic) bond motifs is 1. The summed E-state index contributed by atoms with van der Waals surface area (Å²) >= 11 is 0. The van der Waals surface area contributed by atoms with E-state index >= 15 is 0 Å². The van der Waals surface area contributed by atoms with Gasteiger partial charge in [0, 0.05) is 7.05 Å². The Labute approximate surface area is 158 Å². The van der Waals surface area contributed by atoms with Gasteiger partial charge in [0.25, 0.3) is 0 Å². The molecule has 4 aliphatic rings. The van der Waals surface area contributed by atoms with Gasteiger partial charge in [0.1, 0.15) is 5.75 Å². The van der Waals surface area contributed by atoms with E-state index in [1.165, 1.54) is 4.90 Å². The van der Waals surface area contributed by atoms with Crippen molar-refractivity contribution in [1.82, 2.24) is 4.90 Å². The molecule has 1 aromatic carbocycles. The molecule has 2 fully saturated rings. The van der Waals surface area contributed by atoms with E-state index in [2.05, 4.69) is 6.92 Å². The van der Waals surface area contributed by atoms with Gasteiger partial charge in [-0.15, -0.1) is 0 Å². The van der Waals surface area contributed by atoms with Gasteiger partial charge in [-0.05, 0) is 30.7 Å². The van der Waals surface area contributed by atoms with Crippen molar-refractivity contribution in [3.63, 3.8) is 0 Å². The highest BCUT2D eigenvalue weighted by Gasteiger charge is 2.61. The fraction of sp³-hybridized carbons (Fsp3) is 0.476.